The number of anilines is 1. The number of halogens is 1. The van der Waals surface area contributed by atoms with Crippen molar-refractivity contribution in [3.05, 3.63) is 53.1 Å². The Morgan fingerprint density at radius 2 is 2.23 bits per heavy atom. The molecule has 1 N–H and O–H groups in total. The molecule has 0 unspecified atom stereocenters. The number of ether oxygens (including phenoxy) is 1. The van der Waals surface area contributed by atoms with Crippen LogP contribution in [-0.4, -0.2) is 38.2 Å². The maximum atomic E-state index is 10.7. The fraction of sp³-hybridized carbons (Fsp3) is 0.435. The Hall–Kier alpha value is -2.66. The van der Waals surface area contributed by atoms with Gasteiger partial charge >= 0.3 is 0 Å². The lowest BCUT2D eigenvalue weighted by Gasteiger charge is -2.37. The van der Waals surface area contributed by atoms with Gasteiger partial charge in [0.05, 0.1) is 53.0 Å². The second kappa shape index (κ2) is 7.79. The van der Waals surface area contributed by atoms with E-state index in [0.29, 0.717) is 23.2 Å². The van der Waals surface area contributed by atoms with Crippen LogP contribution in [0.4, 0.5) is 5.69 Å². The van der Waals surface area contributed by atoms with Gasteiger partial charge in [-0.25, -0.2) is 9.97 Å². The Morgan fingerprint density at radius 3 is 3.03 bits per heavy atom. The third kappa shape index (κ3) is 3.76. The number of aliphatic hydroxyl groups excluding tert-OH is 1. The summed E-state index contributed by atoms with van der Waals surface area (Å²) in [7, 11) is 0. The van der Waals surface area contributed by atoms with Crippen LogP contribution in [0.1, 0.15) is 36.8 Å². The fourth-order valence-electron chi connectivity index (χ4n) is 5.13. The zero-order chi connectivity index (χ0) is 21.6. The molecule has 1 saturated carbocycles. The molecule has 1 aliphatic heterocycles. The summed E-state index contributed by atoms with van der Waals surface area (Å²) in [5, 5.41) is 20.4. The first-order valence-electron chi connectivity index (χ1n) is 10.6. The first-order valence-corrected chi connectivity index (χ1v) is 10.9. The molecule has 2 aliphatic rings. The summed E-state index contributed by atoms with van der Waals surface area (Å²) in [6.45, 7) is 3.40. The number of pyridine rings is 1. The van der Waals surface area contributed by atoms with Crippen molar-refractivity contribution in [2.45, 2.75) is 51.2 Å². The average Bonchev–Trinajstić information content (AvgIpc) is 3.28. The minimum Gasteiger partial charge on any atom is -0.351 e. The maximum Gasteiger partial charge on any atom is 0.238 e. The summed E-state index contributed by atoms with van der Waals surface area (Å²) in [5.74, 6) is 0.397. The predicted octanol–water partition coefficient (Wildman–Crippen LogP) is 4.01. The fourth-order valence-corrected chi connectivity index (χ4v) is 5.34. The van der Waals surface area contributed by atoms with Gasteiger partial charge in [-0.3, -0.25) is 0 Å². The molecule has 1 aromatic carbocycles. The normalized spacial score (nSPS) is 25.9. The quantitative estimate of drug-likeness (QED) is 0.623. The molecule has 0 bridgehead atoms. The number of rotatable bonds is 3. The van der Waals surface area contributed by atoms with E-state index < -0.39 is 6.41 Å². The third-order valence-corrected chi connectivity index (χ3v) is 6.76. The first-order chi connectivity index (χ1) is 15.0. The van der Waals surface area contributed by atoms with E-state index in [0.717, 1.165) is 54.5 Å². The molecule has 7 nitrogen and oxygen atoms in total. The van der Waals surface area contributed by atoms with Crippen molar-refractivity contribution in [1.29, 1.82) is 5.26 Å². The van der Waals surface area contributed by atoms with E-state index in [1.54, 1.807) is 18.3 Å². The predicted molar refractivity (Wildman–Crippen MR) is 118 cm³/mol. The monoisotopic (exact) mass is 437 g/mol. The smallest absolute Gasteiger partial charge is 0.238 e. The molecule has 3 heterocycles. The SMILES string of the molecule is Cc1cc(Cl)ncc1N1C[C@@]2(CCC[C@H](Cn3cnc4ccc(C#N)cc43)C2)O[C@H]1O. The summed E-state index contributed by atoms with van der Waals surface area (Å²) >= 11 is 6.00. The number of aromatic nitrogens is 3. The summed E-state index contributed by atoms with van der Waals surface area (Å²) < 4.78 is 8.30. The van der Waals surface area contributed by atoms with Crippen LogP contribution in [0.5, 0.6) is 0 Å². The molecule has 160 valence electrons. The summed E-state index contributed by atoms with van der Waals surface area (Å²) in [5.41, 5.74) is 3.94. The molecule has 1 aliphatic carbocycles. The van der Waals surface area contributed by atoms with Gasteiger partial charge in [0.2, 0.25) is 6.41 Å². The van der Waals surface area contributed by atoms with Gasteiger partial charge in [0.15, 0.2) is 0 Å². The van der Waals surface area contributed by atoms with Crippen LogP contribution in [0, 0.1) is 24.2 Å². The minimum atomic E-state index is -0.993. The van der Waals surface area contributed by atoms with Gasteiger partial charge in [0, 0.05) is 6.54 Å². The Balaban J connectivity index is 1.35. The Labute approximate surface area is 185 Å². The molecule has 2 fully saturated rings. The van der Waals surface area contributed by atoms with E-state index in [-0.39, 0.29) is 5.60 Å². The van der Waals surface area contributed by atoms with Crippen molar-refractivity contribution in [3.63, 3.8) is 0 Å². The molecule has 2 aromatic heterocycles. The van der Waals surface area contributed by atoms with E-state index in [4.69, 9.17) is 16.3 Å². The Bertz CT molecular complexity index is 1170. The molecule has 0 radical (unpaired) electrons. The third-order valence-electron chi connectivity index (χ3n) is 6.55. The van der Waals surface area contributed by atoms with Gasteiger partial charge in [0.1, 0.15) is 5.15 Å². The molecule has 31 heavy (non-hydrogen) atoms. The van der Waals surface area contributed by atoms with Gasteiger partial charge in [-0.1, -0.05) is 18.0 Å². The van der Waals surface area contributed by atoms with E-state index in [9.17, 15) is 10.4 Å². The number of aryl methyl sites for hydroxylation is 1. The van der Waals surface area contributed by atoms with Crippen LogP contribution >= 0.6 is 11.6 Å². The van der Waals surface area contributed by atoms with Crippen molar-refractivity contribution in [1.82, 2.24) is 14.5 Å². The van der Waals surface area contributed by atoms with Crippen molar-refractivity contribution in [2.24, 2.45) is 5.92 Å². The number of aliphatic hydroxyl groups is 1. The number of nitriles is 1. The largest absolute Gasteiger partial charge is 0.351 e. The standard InChI is InChI=1S/C23H24ClN5O2/c1-15-7-21(24)26-11-20(15)29-13-23(31-22(29)30)6-2-3-17(9-23)12-28-14-27-18-5-4-16(10-25)8-19(18)28/h4-5,7-8,11,14,17,22,30H,2-3,6,9,12-13H2,1H3/t17-,22+,23-/m0/s1. The minimum absolute atomic E-state index is 0.386. The molecule has 1 spiro atoms. The van der Waals surface area contributed by atoms with Crippen LogP contribution in [0.2, 0.25) is 5.15 Å². The molecule has 3 atom stereocenters. The van der Waals surface area contributed by atoms with E-state index in [1.807, 2.05) is 30.3 Å². The number of hydrogen-bond acceptors (Lipinski definition) is 6. The molecule has 0 amide bonds. The van der Waals surface area contributed by atoms with Gasteiger partial charge < -0.3 is 19.3 Å². The molecule has 3 aromatic rings. The number of benzene rings is 1. The van der Waals surface area contributed by atoms with Crippen LogP contribution in [0.25, 0.3) is 11.0 Å². The lowest BCUT2D eigenvalue weighted by atomic mass is 9.78. The van der Waals surface area contributed by atoms with Crippen molar-refractivity contribution in [2.75, 3.05) is 11.4 Å². The van der Waals surface area contributed by atoms with Crippen molar-refractivity contribution in [3.8, 4) is 6.07 Å². The summed E-state index contributed by atoms with van der Waals surface area (Å²) in [6, 6.07) is 9.60. The highest BCUT2D eigenvalue weighted by Crippen LogP contribution is 2.43. The van der Waals surface area contributed by atoms with Gasteiger partial charge in [0.25, 0.3) is 0 Å². The topological polar surface area (TPSA) is 87.2 Å². The highest BCUT2D eigenvalue weighted by Gasteiger charge is 2.47. The van der Waals surface area contributed by atoms with Crippen LogP contribution in [0.3, 0.4) is 0 Å². The number of imidazole rings is 1. The highest BCUT2D eigenvalue weighted by atomic mass is 35.5. The van der Waals surface area contributed by atoms with E-state index in [1.165, 1.54) is 0 Å². The Kier molecular flexibility index (Phi) is 5.09. The first kappa shape index (κ1) is 20.3. The lowest BCUT2D eigenvalue weighted by Crippen LogP contribution is -2.40. The second-order valence-corrected chi connectivity index (χ2v) is 9.11. The van der Waals surface area contributed by atoms with Crippen molar-refractivity contribution >= 4 is 28.3 Å². The van der Waals surface area contributed by atoms with Crippen LogP contribution in [-0.2, 0) is 11.3 Å². The van der Waals surface area contributed by atoms with Gasteiger partial charge in [-0.05, 0) is 61.9 Å². The van der Waals surface area contributed by atoms with Crippen LogP contribution in [0.15, 0.2) is 36.8 Å². The van der Waals surface area contributed by atoms with E-state index in [2.05, 4.69) is 20.6 Å². The molecule has 1 saturated heterocycles. The zero-order valence-corrected chi connectivity index (χ0v) is 18.1. The van der Waals surface area contributed by atoms with Crippen molar-refractivity contribution < 1.29 is 9.84 Å². The summed E-state index contributed by atoms with van der Waals surface area (Å²) in [6.07, 6.45) is 6.48. The molecular formula is C23H24ClN5O2. The molecular weight excluding hydrogens is 414 g/mol. The van der Waals surface area contributed by atoms with Crippen LogP contribution < -0.4 is 4.90 Å². The number of hydrogen-bond donors (Lipinski definition) is 1. The zero-order valence-electron chi connectivity index (χ0n) is 17.3. The molecule has 8 heteroatoms. The van der Waals surface area contributed by atoms with Gasteiger partial charge in [-0.2, -0.15) is 5.26 Å². The highest BCUT2D eigenvalue weighted by molar-refractivity contribution is 6.29. The second-order valence-electron chi connectivity index (χ2n) is 8.72. The Morgan fingerprint density at radius 1 is 1.35 bits per heavy atom. The molecule has 5 rings (SSSR count). The van der Waals surface area contributed by atoms with E-state index >= 15 is 0 Å². The maximum absolute atomic E-state index is 10.7. The average molecular weight is 438 g/mol. The lowest BCUT2D eigenvalue weighted by molar-refractivity contribution is -0.152. The summed E-state index contributed by atoms with van der Waals surface area (Å²) in [4.78, 5) is 10.6. The number of fused-ring (bicyclic) bond motifs is 1. The number of nitrogens with zero attached hydrogens (tertiary/aromatic N) is 5. The van der Waals surface area contributed by atoms with Gasteiger partial charge in [-0.15, -0.1) is 0 Å².